The number of aliphatic hydroxyl groups is 1. The highest BCUT2D eigenvalue weighted by molar-refractivity contribution is 6.30. The highest BCUT2D eigenvalue weighted by Gasteiger charge is 2.37. The zero-order valence-corrected chi connectivity index (χ0v) is 13.1. The molecule has 1 aliphatic carbocycles. The Morgan fingerprint density at radius 2 is 2.33 bits per heavy atom. The topological polar surface area (TPSA) is 41.5 Å². The smallest absolute Gasteiger partial charge is 0.127 e. The van der Waals surface area contributed by atoms with Gasteiger partial charge in [0.05, 0.1) is 0 Å². The van der Waals surface area contributed by atoms with Crippen LogP contribution in [0.3, 0.4) is 0 Å². The van der Waals surface area contributed by atoms with Gasteiger partial charge in [0.2, 0.25) is 0 Å². The van der Waals surface area contributed by atoms with Crippen LogP contribution in [0.2, 0.25) is 5.02 Å². The fourth-order valence-corrected chi connectivity index (χ4v) is 3.50. The van der Waals surface area contributed by atoms with E-state index in [-0.39, 0.29) is 12.0 Å². The molecule has 1 aliphatic heterocycles. The predicted molar refractivity (Wildman–Crippen MR) is 85.8 cm³/mol. The van der Waals surface area contributed by atoms with Gasteiger partial charge >= 0.3 is 0 Å². The normalized spacial score (nSPS) is 28.0. The van der Waals surface area contributed by atoms with Crippen LogP contribution in [0.1, 0.15) is 31.7 Å². The lowest BCUT2D eigenvalue weighted by molar-refractivity contribution is 0.120. The Morgan fingerprint density at radius 1 is 1.48 bits per heavy atom. The summed E-state index contributed by atoms with van der Waals surface area (Å²) in [4.78, 5) is 0. The minimum atomic E-state index is 0.0112. The Balaban J connectivity index is 1.66. The van der Waals surface area contributed by atoms with Crippen LogP contribution in [-0.2, 0) is 0 Å². The molecule has 0 amide bonds. The highest BCUT2D eigenvalue weighted by Crippen LogP contribution is 2.37. The van der Waals surface area contributed by atoms with E-state index in [0.717, 1.165) is 35.7 Å². The third-order valence-electron chi connectivity index (χ3n) is 4.76. The van der Waals surface area contributed by atoms with Gasteiger partial charge in [0, 0.05) is 35.2 Å². The SMILES string of the molecule is CC1(CO)CCCC1NCC1=Cc2cc(Cl)ccc2OC1. The maximum atomic E-state index is 9.60. The molecule has 0 saturated heterocycles. The molecule has 2 atom stereocenters. The Bertz CT molecular complexity index is 558. The number of hydrogen-bond donors (Lipinski definition) is 2. The summed E-state index contributed by atoms with van der Waals surface area (Å²) in [5, 5.41) is 13.9. The lowest BCUT2D eigenvalue weighted by Gasteiger charge is -2.31. The maximum Gasteiger partial charge on any atom is 0.127 e. The van der Waals surface area contributed by atoms with Gasteiger partial charge in [0.15, 0.2) is 0 Å². The molecule has 1 fully saturated rings. The fraction of sp³-hybridized carbons (Fsp3) is 0.529. The highest BCUT2D eigenvalue weighted by atomic mass is 35.5. The molecule has 2 aliphatic rings. The van der Waals surface area contributed by atoms with E-state index in [4.69, 9.17) is 16.3 Å². The van der Waals surface area contributed by atoms with Crippen molar-refractivity contribution in [3.8, 4) is 5.75 Å². The second-order valence-electron chi connectivity index (χ2n) is 6.41. The van der Waals surface area contributed by atoms with Gasteiger partial charge in [-0.25, -0.2) is 0 Å². The number of aliphatic hydroxyl groups excluding tert-OH is 1. The molecule has 21 heavy (non-hydrogen) atoms. The first-order valence-electron chi connectivity index (χ1n) is 7.57. The van der Waals surface area contributed by atoms with E-state index in [1.807, 2.05) is 18.2 Å². The summed E-state index contributed by atoms with van der Waals surface area (Å²) < 4.78 is 5.77. The summed E-state index contributed by atoms with van der Waals surface area (Å²) in [5.41, 5.74) is 2.27. The third kappa shape index (κ3) is 3.10. The number of fused-ring (bicyclic) bond motifs is 1. The van der Waals surface area contributed by atoms with E-state index < -0.39 is 0 Å². The van der Waals surface area contributed by atoms with Crippen molar-refractivity contribution >= 4 is 17.7 Å². The maximum absolute atomic E-state index is 9.60. The average molecular weight is 308 g/mol. The number of nitrogens with one attached hydrogen (secondary N) is 1. The van der Waals surface area contributed by atoms with Gasteiger partial charge in [-0.05, 0) is 42.7 Å². The Labute approximate surface area is 131 Å². The van der Waals surface area contributed by atoms with Crippen LogP contribution in [0.4, 0.5) is 0 Å². The lowest BCUT2D eigenvalue weighted by atomic mass is 9.85. The molecule has 114 valence electrons. The van der Waals surface area contributed by atoms with E-state index in [1.54, 1.807) is 0 Å². The predicted octanol–water partition coefficient (Wildman–Crippen LogP) is 3.26. The van der Waals surface area contributed by atoms with Gasteiger partial charge in [-0.2, -0.15) is 0 Å². The van der Waals surface area contributed by atoms with Gasteiger partial charge in [0.1, 0.15) is 12.4 Å². The van der Waals surface area contributed by atoms with Crippen LogP contribution in [0, 0.1) is 5.41 Å². The summed E-state index contributed by atoms with van der Waals surface area (Å²) >= 11 is 6.03. The van der Waals surface area contributed by atoms with Crippen LogP contribution in [0.15, 0.2) is 23.8 Å². The Hall–Kier alpha value is -1.03. The van der Waals surface area contributed by atoms with Crippen LogP contribution in [0.5, 0.6) is 5.75 Å². The van der Waals surface area contributed by atoms with E-state index in [1.165, 1.54) is 12.0 Å². The zero-order chi connectivity index (χ0) is 14.9. The first-order valence-corrected chi connectivity index (χ1v) is 7.94. The van der Waals surface area contributed by atoms with Gasteiger partial charge in [0.25, 0.3) is 0 Å². The fourth-order valence-electron chi connectivity index (χ4n) is 3.32. The number of ether oxygens (including phenoxy) is 1. The average Bonchev–Trinajstić information content (AvgIpc) is 2.86. The third-order valence-corrected chi connectivity index (χ3v) is 5.00. The Kier molecular flexibility index (Phi) is 4.25. The molecule has 0 bridgehead atoms. The Morgan fingerprint density at radius 3 is 3.14 bits per heavy atom. The molecule has 2 N–H and O–H groups in total. The van der Waals surface area contributed by atoms with E-state index in [2.05, 4.69) is 18.3 Å². The number of benzene rings is 1. The van der Waals surface area contributed by atoms with Crippen LogP contribution >= 0.6 is 11.6 Å². The van der Waals surface area contributed by atoms with Crippen LogP contribution in [-0.4, -0.2) is 30.9 Å². The summed E-state index contributed by atoms with van der Waals surface area (Å²) in [7, 11) is 0. The quantitative estimate of drug-likeness (QED) is 0.897. The van der Waals surface area contributed by atoms with Gasteiger partial charge in [-0.3, -0.25) is 0 Å². The number of rotatable bonds is 4. The van der Waals surface area contributed by atoms with Crippen molar-refractivity contribution < 1.29 is 9.84 Å². The zero-order valence-electron chi connectivity index (χ0n) is 12.4. The van der Waals surface area contributed by atoms with Crippen LogP contribution < -0.4 is 10.1 Å². The van der Waals surface area contributed by atoms with E-state index in [0.29, 0.717) is 12.6 Å². The van der Waals surface area contributed by atoms with Crippen molar-refractivity contribution in [3.63, 3.8) is 0 Å². The van der Waals surface area contributed by atoms with Crippen molar-refractivity contribution in [3.05, 3.63) is 34.4 Å². The monoisotopic (exact) mass is 307 g/mol. The molecule has 4 heteroatoms. The molecule has 1 saturated carbocycles. The standard InChI is InChI=1S/C17H22ClNO2/c1-17(11-20)6-2-3-16(17)19-9-12-7-13-8-14(18)4-5-15(13)21-10-12/h4-5,7-8,16,19-20H,2-3,6,9-11H2,1H3. The van der Waals surface area contributed by atoms with Crippen molar-refractivity contribution in [2.75, 3.05) is 19.8 Å². The summed E-state index contributed by atoms with van der Waals surface area (Å²) in [5.74, 6) is 0.893. The van der Waals surface area contributed by atoms with E-state index >= 15 is 0 Å². The molecular formula is C17H22ClNO2. The molecule has 3 nitrogen and oxygen atoms in total. The van der Waals surface area contributed by atoms with Gasteiger partial charge < -0.3 is 15.2 Å². The molecule has 1 aromatic carbocycles. The first-order chi connectivity index (χ1) is 10.1. The molecule has 3 rings (SSSR count). The lowest BCUT2D eigenvalue weighted by Crippen LogP contribution is -2.43. The minimum Gasteiger partial charge on any atom is -0.489 e. The van der Waals surface area contributed by atoms with Crippen LogP contribution in [0.25, 0.3) is 6.08 Å². The van der Waals surface area contributed by atoms with Crippen molar-refractivity contribution in [2.24, 2.45) is 5.41 Å². The van der Waals surface area contributed by atoms with Crippen molar-refractivity contribution in [1.29, 1.82) is 0 Å². The molecule has 2 unspecified atom stereocenters. The second kappa shape index (κ2) is 5.99. The van der Waals surface area contributed by atoms with Gasteiger partial charge in [-0.15, -0.1) is 0 Å². The largest absolute Gasteiger partial charge is 0.489 e. The van der Waals surface area contributed by atoms with E-state index in [9.17, 15) is 5.11 Å². The van der Waals surface area contributed by atoms with Gasteiger partial charge in [-0.1, -0.05) is 24.9 Å². The van der Waals surface area contributed by atoms with Crippen molar-refractivity contribution in [2.45, 2.75) is 32.2 Å². The van der Waals surface area contributed by atoms with Crippen molar-refractivity contribution in [1.82, 2.24) is 5.32 Å². The second-order valence-corrected chi connectivity index (χ2v) is 6.85. The summed E-state index contributed by atoms with van der Waals surface area (Å²) in [6, 6.07) is 6.08. The molecule has 1 heterocycles. The molecule has 0 radical (unpaired) electrons. The summed E-state index contributed by atoms with van der Waals surface area (Å²) in [6.07, 6.45) is 5.56. The molecular weight excluding hydrogens is 286 g/mol. The first kappa shape index (κ1) is 14.9. The minimum absolute atomic E-state index is 0.0112. The number of halogens is 1. The molecule has 0 spiro atoms. The summed E-state index contributed by atoms with van der Waals surface area (Å²) in [6.45, 7) is 3.83. The molecule has 0 aromatic heterocycles. The molecule has 1 aromatic rings. The number of hydrogen-bond acceptors (Lipinski definition) is 3.